The summed E-state index contributed by atoms with van der Waals surface area (Å²) in [5.74, 6) is -3.49. The zero-order valence-electron chi connectivity index (χ0n) is 19.9. The normalized spacial score (nSPS) is 12.1. The quantitative estimate of drug-likeness (QED) is 0.113. The fraction of sp³-hybridized carbons (Fsp3) is 0.138. The Morgan fingerprint density at radius 2 is 1.08 bits per heavy atom. The van der Waals surface area contributed by atoms with Gasteiger partial charge in [0.05, 0.1) is 6.42 Å². The maximum absolute atomic E-state index is 12.4. The van der Waals surface area contributed by atoms with Crippen LogP contribution in [0.4, 0.5) is 26.3 Å². The highest BCUT2D eigenvalue weighted by atomic mass is 19.4. The van der Waals surface area contributed by atoms with Crippen LogP contribution in [0.2, 0.25) is 0 Å². The summed E-state index contributed by atoms with van der Waals surface area (Å²) in [6.07, 6.45) is -9.95. The lowest BCUT2D eigenvalue weighted by atomic mass is 10.0. The van der Waals surface area contributed by atoms with Crippen LogP contribution in [0.5, 0.6) is 0 Å². The van der Waals surface area contributed by atoms with Crippen molar-refractivity contribution in [3.05, 3.63) is 108 Å². The van der Waals surface area contributed by atoms with Crippen molar-refractivity contribution in [3.63, 3.8) is 0 Å². The van der Waals surface area contributed by atoms with Crippen molar-refractivity contribution >= 4 is 38.9 Å². The van der Waals surface area contributed by atoms with Crippen molar-refractivity contribution in [2.24, 2.45) is 0 Å². The summed E-state index contributed by atoms with van der Waals surface area (Å²) in [7, 11) is 0. The summed E-state index contributed by atoms with van der Waals surface area (Å²) >= 11 is 0. The number of hydrogen-bond donors (Lipinski definition) is 0. The van der Waals surface area contributed by atoms with E-state index in [0.29, 0.717) is 6.08 Å². The second kappa shape index (κ2) is 11.4. The third-order valence-electron chi connectivity index (χ3n) is 5.54. The van der Waals surface area contributed by atoms with E-state index in [2.05, 4.69) is 0 Å². The van der Waals surface area contributed by atoms with Crippen LogP contribution in [-0.4, -0.2) is 29.7 Å². The molecule has 0 aliphatic carbocycles. The Hall–Kier alpha value is -4.27. The number of carbonyl (C=O) groups excluding carboxylic acids is 3. The Balaban J connectivity index is 0.000000211. The molecule has 0 bridgehead atoms. The number of ketones is 3. The number of allylic oxidation sites excluding steroid dienone is 2. The number of Topliss-reactive ketones (excluding diaryl/α,β-unsaturated/α-hetero) is 2. The fourth-order valence-corrected chi connectivity index (χ4v) is 3.42. The summed E-state index contributed by atoms with van der Waals surface area (Å²) in [5.41, 5.74) is -0.538. The molecule has 3 nitrogen and oxygen atoms in total. The SMILES string of the molecule is C/C(=C\C(=O)c1ccc2ccccc2c1)C(F)(F)F.O=C(CC(=O)C(F)(F)F)c1ccc2ccccc2c1. The van der Waals surface area contributed by atoms with Gasteiger partial charge in [0.2, 0.25) is 5.78 Å². The number of fused-ring (bicyclic) bond motifs is 2. The largest absolute Gasteiger partial charge is 0.450 e. The molecule has 0 heterocycles. The highest BCUT2D eigenvalue weighted by Crippen LogP contribution is 2.26. The summed E-state index contributed by atoms with van der Waals surface area (Å²) in [6, 6.07) is 23.9. The Morgan fingerprint density at radius 1 is 0.632 bits per heavy atom. The van der Waals surface area contributed by atoms with Crippen LogP contribution in [0.1, 0.15) is 34.1 Å². The van der Waals surface area contributed by atoms with E-state index in [4.69, 9.17) is 0 Å². The molecule has 0 atom stereocenters. The van der Waals surface area contributed by atoms with E-state index < -0.39 is 41.7 Å². The zero-order chi connectivity index (χ0) is 28.1. The molecular weight excluding hydrogens is 510 g/mol. The van der Waals surface area contributed by atoms with Crippen LogP contribution >= 0.6 is 0 Å². The lowest BCUT2D eigenvalue weighted by molar-refractivity contribution is -0.170. The van der Waals surface area contributed by atoms with E-state index in [1.807, 2.05) is 36.4 Å². The van der Waals surface area contributed by atoms with Crippen molar-refractivity contribution in [2.75, 3.05) is 0 Å². The molecule has 4 aromatic carbocycles. The second-order valence-corrected chi connectivity index (χ2v) is 8.33. The van der Waals surface area contributed by atoms with Gasteiger partial charge in [0.1, 0.15) is 0 Å². The number of halogens is 6. The fourth-order valence-electron chi connectivity index (χ4n) is 3.42. The van der Waals surface area contributed by atoms with E-state index in [1.165, 1.54) is 18.2 Å². The molecule has 0 radical (unpaired) electrons. The average Bonchev–Trinajstić information content (AvgIpc) is 2.87. The molecule has 0 aliphatic rings. The number of carbonyl (C=O) groups is 3. The monoisotopic (exact) mass is 530 g/mol. The van der Waals surface area contributed by atoms with Crippen LogP contribution < -0.4 is 0 Å². The summed E-state index contributed by atoms with van der Waals surface area (Å²) in [6.45, 7) is 0.888. The highest BCUT2D eigenvalue weighted by Gasteiger charge is 2.39. The molecule has 0 aromatic heterocycles. The van der Waals surface area contributed by atoms with Crippen LogP contribution in [0, 0.1) is 0 Å². The molecule has 4 rings (SSSR count). The maximum Gasteiger partial charge on any atom is 0.450 e. The van der Waals surface area contributed by atoms with E-state index in [0.717, 1.165) is 28.5 Å². The van der Waals surface area contributed by atoms with Crippen LogP contribution in [0.3, 0.4) is 0 Å². The van der Waals surface area contributed by atoms with Crippen molar-refractivity contribution in [2.45, 2.75) is 25.7 Å². The standard InChI is InChI=1S/C15H11F3O.C14H9F3O2/c1-10(15(16,17)18)8-14(19)13-7-6-11-4-2-3-5-12(11)9-13;15-14(16,17)13(19)8-12(18)11-6-5-9-3-1-2-4-10(9)7-11/h2-9H,1H3;1-7H,8H2/b10-8+;. The third-order valence-corrected chi connectivity index (χ3v) is 5.54. The number of hydrogen-bond acceptors (Lipinski definition) is 3. The van der Waals surface area contributed by atoms with Crippen molar-refractivity contribution < 1.29 is 40.7 Å². The molecule has 0 unspecified atom stereocenters. The molecule has 0 saturated heterocycles. The molecule has 0 aliphatic heterocycles. The Morgan fingerprint density at radius 3 is 1.55 bits per heavy atom. The van der Waals surface area contributed by atoms with Gasteiger partial charge in [-0.1, -0.05) is 72.8 Å². The smallest absolute Gasteiger partial charge is 0.294 e. The number of alkyl halides is 6. The van der Waals surface area contributed by atoms with Gasteiger partial charge in [-0.3, -0.25) is 14.4 Å². The third kappa shape index (κ3) is 7.38. The first-order valence-corrected chi connectivity index (χ1v) is 11.2. The molecule has 4 aromatic rings. The minimum atomic E-state index is -4.97. The molecule has 9 heteroatoms. The Kier molecular flexibility index (Phi) is 8.50. The molecular formula is C29H20F6O3. The minimum Gasteiger partial charge on any atom is -0.294 e. The van der Waals surface area contributed by atoms with E-state index in [9.17, 15) is 40.7 Å². The lowest BCUT2D eigenvalue weighted by Crippen LogP contribution is -2.25. The summed E-state index contributed by atoms with van der Waals surface area (Å²) in [5, 5.41) is 3.39. The van der Waals surface area contributed by atoms with Gasteiger partial charge in [-0.2, -0.15) is 26.3 Å². The topological polar surface area (TPSA) is 51.2 Å². The van der Waals surface area contributed by atoms with Gasteiger partial charge in [0, 0.05) is 16.7 Å². The Labute approximate surface area is 213 Å². The molecule has 0 fully saturated rings. The zero-order valence-corrected chi connectivity index (χ0v) is 19.9. The second-order valence-electron chi connectivity index (χ2n) is 8.33. The first-order valence-electron chi connectivity index (χ1n) is 11.2. The van der Waals surface area contributed by atoms with Gasteiger partial charge in [0.15, 0.2) is 11.6 Å². The van der Waals surface area contributed by atoms with Crippen LogP contribution in [-0.2, 0) is 4.79 Å². The first kappa shape index (κ1) is 28.3. The van der Waals surface area contributed by atoms with Crippen molar-refractivity contribution in [1.29, 1.82) is 0 Å². The van der Waals surface area contributed by atoms with Gasteiger partial charge in [0.25, 0.3) is 0 Å². The molecule has 0 spiro atoms. The Bertz CT molecular complexity index is 1530. The molecule has 196 valence electrons. The molecule has 38 heavy (non-hydrogen) atoms. The summed E-state index contributed by atoms with van der Waals surface area (Å²) < 4.78 is 73.3. The van der Waals surface area contributed by atoms with E-state index in [1.54, 1.807) is 30.3 Å². The lowest BCUT2D eigenvalue weighted by Gasteiger charge is -2.06. The number of rotatable bonds is 5. The first-order chi connectivity index (χ1) is 17.8. The number of benzene rings is 4. The van der Waals surface area contributed by atoms with Gasteiger partial charge in [-0.25, -0.2) is 0 Å². The highest BCUT2D eigenvalue weighted by molar-refractivity contribution is 6.10. The van der Waals surface area contributed by atoms with Gasteiger partial charge >= 0.3 is 12.4 Å². The predicted molar refractivity (Wildman–Crippen MR) is 132 cm³/mol. The van der Waals surface area contributed by atoms with E-state index >= 15 is 0 Å². The van der Waals surface area contributed by atoms with Crippen LogP contribution in [0.15, 0.2) is 96.6 Å². The average molecular weight is 530 g/mol. The van der Waals surface area contributed by atoms with E-state index in [-0.39, 0.29) is 11.1 Å². The van der Waals surface area contributed by atoms with Crippen molar-refractivity contribution in [1.82, 2.24) is 0 Å². The maximum atomic E-state index is 12.4. The molecule has 0 amide bonds. The van der Waals surface area contributed by atoms with Gasteiger partial charge in [-0.05, 0) is 46.7 Å². The van der Waals surface area contributed by atoms with Crippen molar-refractivity contribution in [3.8, 4) is 0 Å². The molecule has 0 saturated carbocycles. The van der Waals surface area contributed by atoms with Gasteiger partial charge in [-0.15, -0.1) is 0 Å². The van der Waals surface area contributed by atoms with Gasteiger partial charge < -0.3 is 0 Å². The van der Waals surface area contributed by atoms with Crippen LogP contribution in [0.25, 0.3) is 21.5 Å². The predicted octanol–water partition coefficient (Wildman–Crippen LogP) is 8.08. The molecule has 0 N–H and O–H groups in total. The minimum absolute atomic E-state index is 0.108. The summed E-state index contributed by atoms with van der Waals surface area (Å²) in [4.78, 5) is 34.2.